The minimum Gasteiger partial charge on any atom is -0.491 e. The zero-order valence-corrected chi connectivity index (χ0v) is 17.6. The topological polar surface area (TPSA) is 41.6 Å². The van der Waals surface area contributed by atoms with Crippen LogP contribution in [0.4, 0.5) is 0 Å². The third kappa shape index (κ3) is 5.87. The van der Waals surface area contributed by atoms with Gasteiger partial charge in [0.1, 0.15) is 12.4 Å². The van der Waals surface area contributed by atoms with Crippen LogP contribution in [0.3, 0.4) is 0 Å². The number of amides is 1. The van der Waals surface area contributed by atoms with E-state index in [2.05, 4.69) is 10.2 Å². The SMILES string of the molecule is Cc1ccccc1OCCNC(=O)C1CCN(Cc2ccc(Cl)c(Cl)c2)CC1. The summed E-state index contributed by atoms with van der Waals surface area (Å²) in [5.41, 5.74) is 2.24. The molecule has 2 aromatic rings. The summed E-state index contributed by atoms with van der Waals surface area (Å²) in [5, 5.41) is 4.17. The minimum absolute atomic E-state index is 0.0727. The number of likely N-dealkylation sites (tertiary alicyclic amines) is 1. The fourth-order valence-corrected chi connectivity index (χ4v) is 3.77. The molecule has 0 atom stereocenters. The van der Waals surface area contributed by atoms with E-state index in [0.29, 0.717) is 23.2 Å². The number of benzene rings is 2. The maximum absolute atomic E-state index is 12.4. The maximum Gasteiger partial charge on any atom is 0.223 e. The molecule has 2 aromatic carbocycles. The van der Waals surface area contributed by atoms with E-state index >= 15 is 0 Å². The van der Waals surface area contributed by atoms with E-state index in [-0.39, 0.29) is 11.8 Å². The summed E-state index contributed by atoms with van der Waals surface area (Å²) in [6.45, 7) is 5.65. The van der Waals surface area contributed by atoms with Gasteiger partial charge in [-0.15, -0.1) is 0 Å². The van der Waals surface area contributed by atoms with Gasteiger partial charge < -0.3 is 10.1 Å². The van der Waals surface area contributed by atoms with Crippen LogP contribution in [-0.2, 0) is 11.3 Å². The normalized spacial score (nSPS) is 15.4. The molecule has 28 heavy (non-hydrogen) atoms. The molecule has 1 aliphatic rings. The number of hydrogen-bond donors (Lipinski definition) is 1. The van der Waals surface area contributed by atoms with E-state index < -0.39 is 0 Å². The molecule has 0 unspecified atom stereocenters. The van der Waals surface area contributed by atoms with Crippen molar-refractivity contribution in [2.45, 2.75) is 26.3 Å². The lowest BCUT2D eigenvalue weighted by molar-refractivity contribution is -0.126. The van der Waals surface area contributed by atoms with E-state index in [4.69, 9.17) is 27.9 Å². The van der Waals surface area contributed by atoms with Crippen LogP contribution in [0.25, 0.3) is 0 Å². The number of aryl methyl sites for hydroxylation is 1. The second-order valence-corrected chi connectivity index (χ2v) is 8.02. The number of nitrogens with zero attached hydrogens (tertiary/aromatic N) is 1. The molecule has 1 amide bonds. The predicted molar refractivity (Wildman–Crippen MR) is 114 cm³/mol. The van der Waals surface area contributed by atoms with Crippen LogP contribution >= 0.6 is 23.2 Å². The molecule has 1 N–H and O–H groups in total. The van der Waals surface area contributed by atoms with Crippen molar-refractivity contribution in [2.24, 2.45) is 5.92 Å². The van der Waals surface area contributed by atoms with Gasteiger partial charge in [-0.3, -0.25) is 9.69 Å². The molecule has 0 spiro atoms. The van der Waals surface area contributed by atoms with Gasteiger partial charge in [0.25, 0.3) is 0 Å². The van der Waals surface area contributed by atoms with Crippen molar-refractivity contribution in [1.29, 1.82) is 0 Å². The second-order valence-electron chi connectivity index (χ2n) is 7.20. The molecule has 4 nitrogen and oxygen atoms in total. The molecule has 1 heterocycles. The van der Waals surface area contributed by atoms with Crippen molar-refractivity contribution in [3.05, 3.63) is 63.6 Å². The smallest absolute Gasteiger partial charge is 0.223 e. The molecule has 0 radical (unpaired) electrons. The van der Waals surface area contributed by atoms with E-state index in [9.17, 15) is 4.79 Å². The number of carbonyl (C=O) groups excluding carboxylic acids is 1. The molecule has 150 valence electrons. The van der Waals surface area contributed by atoms with Crippen molar-refractivity contribution in [1.82, 2.24) is 10.2 Å². The summed E-state index contributed by atoms with van der Waals surface area (Å²) in [4.78, 5) is 14.8. The Morgan fingerprint density at radius 2 is 1.89 bits per heavy atom. The Labute approximate surface area is 176 Å². The summed E-state index contributed by atoms with van der Waals surface area (Å²) in [7, 11) is 0. The van der Waals surface area contributed by atoms with Gasteiger partial charge in [0.2, 0.25) is 5.91 Å². The Hall–Kier alpha value is -1.75. The van der Waals surface area contributed by atoms with Crippen molar-refractivity contribution >= 4 is 29.1 Å². The zero-order chi connectivity index (χ0) is 19.9. The maximum atomic E-state index is 12.4. The summed E-state index contributed by atoms with van der Waals surface area (Å²) in [6.07, 6.45) is 1.73. The zero-order valence-electron chi connectivity index (χ0n) is 16.1. The largest absolute Gasteiger partial charge is 0.491 e. The monoisotopic (exact) mass is 420 g/mol. The highest BCUT2D eigenvalue weighted by Gasteiger charge is 2.24. The van der Waals surface area contributed by atoms with Crippen molar-refractivity contribution in [3.8, 4) is 5.75 Å². The number of piperidine rings is 1. The van der Waals surface area contributed by atoms with Crippen LogP contribution in [0.15, 0.2) is 42.5 Å². The van der Waals surface area contributed by atoms with Crippen LogP contribution in [-0.4, -0.2) is 37.0 Å². The number of hydrogen-bond acceptors (Lipinski definition) is 3. The van der Waals surface area contributed by atoms with Crippen LogP contribution < -0.4 is 10.1 Å². The number of halogens is 2. The van der Waals surface area contributed by atoms with Gasteiger partial charge in [0, 0.05) is 12.5 Å². The minimum atomic E-state index is 0.0727. The Balaban J connectivity index is 1.36. The number of para-hydroxylation sites is 1. The van der Waals surface area contributed by atoms with Gasteiger partial charge in [-0.2, -0.15) is 0 Å². The molecule has 0 aliphatic carbocycles. The first-order valence-electron chi connectivity index (χ1n) is 9.65. The molecule has 1 aliphatic heterocycles. The first-order chi connectivity index (χ1) is 13.5. The Kier molecular flexibility index (Phi) is 7.60. The summed E-state index contributed by atoms with van der Waals surface area (Å²) < 4.78 is 5.73. The summed E-state index contributed by atoms with van der Waals surface area (Å²) in [5.74, 6) is 1.07. The van der Waals surface area contributed by atoms with E-state index in [1.807, 2.05) is 49.4 Å². The molecule has 1 fully saturated rings. The van der Waals surface area contributed by atoms with E-state index in [1.54, 1.807) is 0 Å². The first-order valence-corrected chi connectivity index (χ1v) is 10.4. The number of carbonyl (C=O) groups is 1. The number of nitrogens with one attached hydrogen (secondary N) is 1. The highest BCUT2D eigenvalue weighted by atomic mass is 35.5. The average Bonchev–Trinajstić information content (AvgIpc) is 2.70. The van der Waals surface area contributed by atoms with Gasteiger partial charge in [-0.1, -0.05) is 47.5 Å². The molecule has 0 saturated carbocycles. The summed E-state index contributed by atoms with van der Waals surface area (Å²) >= 11 is 12.1. The van der Waals surface area contributed by atoms with Crippen LogP contribution in [0.5, 0.6) is 5.75 Å². The van der Waals surface area contributed by atoms with Gasteiger partial charge in [-0.05, 0) is 62.2 Å². The lowest BCUT2D eigenvalue weighted by Crippen LogP contribution is -2.41. The van der Waals surface area contributed by atoms with Crippen molar-refractivity contribution in [3.63, 3.8) is 0 Å². The second kappa shape index (κ2) is 10.1. The Morgan fingerprint density at radius 3 is 2.61 bits per heavy atom. The van der Waals surface area contributed by atoms with E-state index in [0.717, 1.165) is 49.4 Å². The molecular weight excluding hydrogens is 395 g/mol. The van der Waals surface area contributed by atoms with E-state index in [1.165, 1.54) is 0 Å². The van der Waals surface area contributed by atoms with Gasteiger partial charge in [0.15, 0.2) is 0 Å². The lowest BCUT2D eigenvalue weighted by atomic mass is 9.95. The third-order valence-electron chi connectivity index (χ3n) is 5.10. The fourth-order valence-electron chi connectivity index (χ4n) is 3.45. The van der Waals surface area contributed by atoms with Crippen molar-refractivity contribution in [2.75, 3.05) is 26.2 Å². The lowest BCUT2D eigenvalue weighted by Gasteiger charge is -2.31. The van der Waals surface area contributed by atoms with Crippen LogP contribution in [0.1, 0.15) is 24.0 Å². The predicted octanol–water partition coefficient (Wildman–Crippen LogP) is 4.71. The standard InChI is InChI=1S/C22H26Cl2N2O2/c1-16-4-2-3-5-21(16)28-13-10-25-22(27)18-8-11-26(12-9-18)15-17-6-7-19(23)20(24)14-17/h2-7,14,18H,8-13,15H2,1H3,(H,25,27). The highest BCUT2D eigenvalue weighted by Crippen LogP contribution is 2.25. The highest BCUT2D eigenvalue weighted by molar-refractivity contribution is 6.42. The molecule has 1 saturated heterocycles. The average molecular weight is 421 g/mol. The van der Waals surface area contributed by atoms with Crippen LogP contribution in [0.2, 0.25) is 10.0 Å². The third-order valence-corrected chi connectivity index (χ3v) is 5.84. The number of ether oxygens (including phenoxy) is 1. The molecule has 0 bridgehead atoms. The first kappa shape index (κ1) is 21.0. The van der Waals surface area contributed by atoms with Crippen molar-refractivity contribution < 1.29 is 9.53 Å². The molecule has 3 rings (SSSR count). The Morgan fingerprint density at radius 1 is 1.14 bits per heavy atom. The fraction of sp³-hybridized carbons (Fsp3) is 0.409. The quantitative estimate of drug-likeness (QED) is 0.659. The summed E-state index contributed by atoms with van der Waals surface area (Å²) in [6, 6.07) is 13.6. The molecule has 6 heteroatoms. The Bertz CT molecular complexity index is 805. The van der Waals surface area contributed by atoms with Gasteiger partial charge >= 0.3 is 0 Å². The molecular formula is C22H26Cl2N2O2. The molecule has 0 aromatic heterocycles. The van der Waals surface area contributed by atoms with Crippen LogP contribution in [0, 0.1) is 12.8 Å². The number of rotatable bonds is 7. The van der Waals surface area contributed by atoms with Gasteiger partial charge in [-0.25, -0.2) is 0 Å². The van der Waals surface area contributed by atoms with Gasteiger partial charge in [0.05, 0.1) is 16.6 Å².